The van der Waals surface area contributed by atoms with Crippen molar-refractivity contribution in [3.63, 3.8) is 0 Å². The van der Waals surface area contributed by atoms with E-state index >= 15 is 0 Å². The van der Waals surface area contributed by atoms with Crippen molar-refractivity contribution in [3.05, 3.63) is 24.3 Å². The van der Waals surface area contributed by atoms with Gasteiger partial charge < -0.3 is 10.2 Å². The third kappa shape index (κ3) is 1.84. The predicted molar refractivity (Wildman–Crippen MR) is 62.0 cm³/mol. The molecule has 0 radical (unpaired) electrons. The highest BCUT2D eigenvalue weighted by Crippen LogP contribution is 2.29. The molecule has 0 spiro atoms. The van der Waals surface area contributed by atoms with Gasteiger partial charge in [-0.15, -0.1) is 0 Å². The van der Waals surface area contributed by atoms with Crippen LogP contribution in [-0.4, -0.2) is 20.1 Å². The molecule has 1 aliphatic carbocycles. The monoisotopic (exact) mass is 190 g/mol. The minimum absolute atomic E-state index is 0.705. The lowest BCUT2D eigenvalue weighted by Gasteiger charge is -2.29. The van der Waals surface area contributed by atoms with E-state index in [9.17, 15) is 0 Å². The maximum Gasteiger partial charge on any atom is 0.0596 e. The van der Waals surface area contributed by atoms with Gasteiger partial charge in [0.2, 0.25) is 0 Å². The fraction of sp³-hybridized carbons (Fsp3) is 0.500. The highest BCUT2D eigenvalue weighted by Gasteiger charge is 2.17. The number of hydrogen-bond donors (Lipinski definition) is 1. The fourth-order valence-electron chi connectivity index (χ4n) is 1.76. The second kappa shape index (κ2) is 3.91. The molecule has 2 rings (SSSR count). The quantitative estimate of drug-likeness (QED) is 0.788. The van der Waals surface area contributed by atoms with E-state index in [2.05, 4.69) is 48.6 Å². The van der Waals surface area contributed by atoms with E-state index in [1.807, 2.05) is 0 Å². The summed E-state index contributed by atoms with van der Waals surface area (Å²) in [6, 6.07) is 9.19. The molecule has 1 aromatic carbocycles. The molecular weight excluding hydrogens is 172 g/mol. The maximum atomic E-state index is 3.59. The van der Waals surface area contributed by atoms with Gasteiger partial charge in [0.05, 0.1) is 11.4 Å². The Kier molecular flexibility index (Phi) is 2.62. The summed E-state index contributed by atoms with van der Waals surface area (Å²) >= 11 is 0. The Morgan fingerprint density at radius 2 is 1.93 bits per heavy atom. The van der Waals surface area contributed by atoms with Crippen LogP contribution in [-0.2, 0) is 0 Å². The molecule has 0 aromatic heterocycles. The zero-order valence-corrected chi connectivity index (χ0v) is 8.96. The van der Waals surface area contributed by atoms with Crippen LogP contribution in [0.25, 0.3) is 0 Å². The van der Waals surface area contributed by atoms with Gasteiger partial charge in [-0.3, -0.25) is 0 Å². The van der Waals surface area contributed by atoms with Crippen molar-refractivity contribution < 1.29 is 0 Å². The van der Waals surface area contributed by atoms with Crippen LogP contribution in [0.15, 0.2) is 24.3 Å². The molecule has 0 atom stereocenters. The Hall–Kier alpha value is -1.18. The van der Waals surface area contributed by atoms with Crippen LogP contribution in [0.2, 0.25) is 0 Å². The third-order valence-electron chi connectivity index (χ3n) is 2.85. The third-order valence-corrected chi connectivity index (χ3v) is 2.85. The number of hydrogen-bond acceptors (Lipinski definition) is 2. The fourth-order valence-corrected chi connectivity index (χ4v) is 1.76. The second-order valence-electron chi connectivity index (χ2n) is 4.18. The normalized spacial score (nSPS) is 16.1. The number of benzene rings is 1. The second-order valence-corrected chi connectivity index (χ2v) is 4.18. The maximum absolute atomic E-state index is 3.59. The first-order valence-electron chi connectivity index (χ1n) is 5.30. The summed E-state index contributed by atoms with van der Waals surface area (Å²) < 4.78 is 0. The average Bonchev–Trinajstić information content (AvgIpc) is 2.12. The van der Waals surface area contributed by atoms with Gasteiger partial charge in [-0.05, 0) is 31.4 Å². The van der Waals surface area contributed by atoms with Crippen LogP contribution in [0.5, 0.6) is 0 Å². The van der Waals surface area contributed by atoms with Crippen molar-refractivity contribution in [1.29, 1.82) is 0 Å². The molecule has 0 unspecified atom stereocenters. The molecule has 0 amide bonds. The van der Waals surface area contributed by atoms with Crippen LogP contribution in [0.3, 0.4) is 0 Å². The van der Waals surface area contributed by atoms with E-state index in [-0.39, 0.29) is 0 Å². The van der Waals surface area contributed by atoms with Gasteiger partial charge in [0, 0.05) is 20.1 Å². The molecule has 1 aliphatic rings. The highest BCUT2D eigenvalue weighted by atomic mass is 15.1. The first kappa shape index (κ1) is 9.38. The van der Waals surface area contributed by atoms with Gasteiger partial charge in [-0.25, -0.2) is 0 Å². The SMILES string of the molecule is CN(C)c1ccccc1NC1CCC1. The van der Waals surface area contributed by atoms with Gasteiger partial charge in [0.25, 0.3) is 0 Å². The average molecular weight is 190 g/mol. The first-order valence-corrected chi connectivity index (χ1v) is 5.30. The largest absolute Gasteiger partial charge is 0.381 e. The van der Waals surface area contributed by atoms with Crippen LogP contribution in [0.4, 0.5) is 11.4 Å². The summed E-state index contributed by atoms with van der Waals surface area (Å²) in [7, 11) is 4.17. The molecular formula is C12H18N2. The summed E-state index contributed by atoms with van der Waals surface area (Å²) in [6.45, 7) is 0. The predicted octanol–water partition coefficient (Wildman–Crippen LogP) is 2.72. The highest BCUT2D eigenvalue weighted by molar-refractivity contribution is 5.69. The van der Waals surface area contributed by atoms with Gasteiger partial charge in [-0.2, -0.15) is 0 Å². The van der Waals surface area contributed by atoms with Gasteiger partial charge in [0.15, 0.2) is 0 Å². The van der Waals surface area contributed by atoms with E-state index in [0.29, 0.717) is 6.04 Å². The lowest BCUT2D eigenvalue weighted by atomic mass is 9.93. The topological polar surface area (TPSA) is 15.3 Å². The summed E-state index contributed by atoms with van der Waals surface area (Å²) in [6.07, 6.45) is 4.02. The minimum Gasteiger partial charge on any atom is -0.381 e. The van der Waals surface area contributed by atoms with Crippen LogP contribution in [0, 0.1) is 0 Å². The Balaban J connectivity index is 2.13. The van der Waals surface area contributed by atoms with E-state index in [0.717, 1.165) is 0 Å². The molecule has 2 nitrogen and oxygen atoms in total. The lowest BCUT2D eigenvalue weighted by molar-refractivity contribution is 0.445. The van der Waals surface area contributed by atoms with Crippen molar-refractivity contribution in [3.8, 4) is 0 Å². The molecule has 0 saturated heterocycles. The van der Waals surface area contributed by atoms with Gasteiger partial charge in [-0.1, -0.05) is 12.1 Å². The van der Waals surface area contributed by atoms with Crippen LogP contribution < -0.4 is 10.2 Å². The molecule has 1 fully saturated rings. The van der Waals surface area contributed by atoms with Crippen molar-refractivity contribution >= 4 is 11.4 Å². The van der Waals surface area contributed by atoms with Crippen molar-refractivity contribution in [2.75, 3.05) is 24.3 Å². The Bertz CT molecular complexity index is 303. The van der Waals surface area contributed by atoms with E-state index in [4.69, 9.17) is 0 Å². The number of para-hydroxylation sites is 2. The van der Waals surface area contributed by atoms with E-state index in [1.54, 1.807) is 0 Å². The number of nitrogens with zero attached hydrogens (tertiary/aromatic N) is 1. The Labute approximate surface area is 85.9 Å². The first-order chi connectivity index (χ1) is 6.77. The van der Waals surface area contributed by atoms with Gasteiger partial charge in [0.1, 0.15) is 0 Å². The number of rotatable bonds is 3. The summed E-state index contributed by atoms with van der Waals surface area (Å²) in [5.74, 6) is 0. The number of nitrogens with one attached hydrogen (secondary N) is 1. The standard InChI is InChI=1S/C12H18N2/c1-14(2)12-9-4-3-8-11(12)13-10-6-5-7-10/h3-4,8-10,13H,5-7H2,1-2H3. The van der Waals surface area contributed by atoms with Crippen molar-refractivity contribution in [1.82, 2.24) is 0 Å². The summed E-state index contributed by atoms with van der Waals surface area (Å²) in [5, 5.41) is 3.59. The molecule has 1 aromatic rings. The van der Waals surface area contributed by atoms with E-state index < -0.39 is 0 Å². The molecule has 0 heterocycles. The molecule has 1 saturated carbocycles. The van der Waals surface area contributed by atoms with Crippen molar-refractivity contribution in [2.45, 2.75) is 25.3 Å². The summed E-state index contributed by atoms with van der Waals surface area (Å²) in [5.41, 5.74) is 2.54. The van der Waals surface area contributed by atoms with Crippen LogP contribution in [0.1, 0.15) is 19.3 Å². The summed E-state index contributed by atoms with van der Waals surface area (Å²) in [4.78, 5) is 2.15. The molecule has 2 heteroatoms. The van der Waals surface area contributed by atoms with Crippen molar-refractivity contribution in [2.24, 2.45) is 0 Å². The molecule has 14 heavy (non-hydrogen) atoms. The van der Waals surface area contributed by atoms with E-state index in [1.165, 1.54) is 30.6 Å². The zero-order chi connectivity index (χ0) is 9.97. The number of anilines is 2. The van der Waals surface area contributed by atoms with Gasteiger partial charge >= 0.3 is 0 Å². The van der Waals surface area contributed by atoms with Crippen LogP contribution >= 0.6 is 0 Å². The molecule has 0 bridgehead atoms. The Morgan fingerprint density at radius 3 is 2.50 bits per heavy atom. The molecule has 76 valence electrons. The molecule has 1 N–H and O–H groups in total. The zero-order valence-electron chi connectivity index (χ0n) is 8.96. The molecule has 0 aliphatic heterocycles. The minimum atomic E-state index is 0.705. The smallest absolute Gasteiger partial charge is 0.0596 e. The lowest BCUT2D eigenvalue weighted by Crippen LogP contribution is -2.27. The Morgan fingerprint density at radius 1 is 1.21 bits per heavy atom.